The molecule has 8 aromatic carbocycles. The summed E-state index contributed by atoms with van der Waals surface area (Å²) in [5, 5.41) is 2.67. The van der Waals surface area contributed by atoms with Crippen molar-refractivity contribution in [1.29, 1.82) is 0 Å². The lowest BCUT2D eigenvalue weighted by Crippen LogP contribution is -2.28. The molecule has 0 N–H and O–H groups in total. The summed E-state index contributed by atoms with van der Waals surface area (Å²) >= 11 is 0. The van der Waals surface area contributed by atoms with Gasteiger partial charge in [-0.15, -0.1) is 0 Å². The van der Waals surface area contributed by atoms with E-state index in [1.807, 2.05) is 0 Å². The van der Waals surface area contributed by atoms with Gasteiger partial charge in [0.05, 0.1) is 16.4 Å². The number of ether oxygens (including phenoxy) is 2. The van der Waals surface area contributed by atoms with Crippen LogP contribution in [0.4, 0.5) is 0 Å². The number of fused-ring (bicyclic) bond motifs is 9. The minimum Gasteiger partial charge on any atom is -0.457 e. The van der Waals surface area contributed by atoms with E-state index < -0.39 is 5.41 Å². The standard InChI is InChI=1S/C61H44N2O2/c1-7-19-55-49(13-1)50-14-2-8-20-56(50)61(55,41-25-33-45(34-26-41)64-47-37-29-43(30-38-47)62-57-21-9-3-15-51(57)52-16-4-10-22-58(52)62)42-27-35-46(36-28-42)65-48-39-31-44(32-40-48)63-59-23-11-5-17-53(59)54-18-6-12-24-60(54)63/h1-3,5,7-15,17,19-40H,4,6,16,18H2. The van der Waals surface area contributed by atoms with Crippen LogP contribution < -0.4 is 9.47 Å². The SMILES string of the molecule is C1=Cc2c(c3ccccc3n2-c2ccc(Oc3ccc(C4(c5ccc(Oc6ccc(-n7c8c(c9ccccc97)CCC=C8)cc6)cc5)c5ccccc5-c5ccccc54)cc3)cc2)CC1. The topological polar surface area (TPSA) is 28.3 Å². The normalized spacial score (nSPS) is 14.2. The second-order valence-corrected chi connectivity index (χ2v) is 17.4. The molecule has 2 heterocycles. The van der Waals surface area contributed by atoms with Gasteiger partial charge >= 0.3 is 0 Å². The predicted octanol–water partition coefficient (Wildman–Crippen LogP) is 15.4. The number of hydrogen-bond donors (Lipinski definition) is 0. The molecule has 310 valence electrons. The van der Waals surface area contributed by atoms with Crippen molar-refractivity contribution in [2.75, 3.05) is 0 Å². The average molecular weight is 837 g/mol. The fraction of sp³-hybridized carbons (Fsp3) is 0.0820. The van der Waals surface area contributed by atoms with Crippen LogP contribution in [0.5, 0.6) is 23.0 Å². The summed E-state index contributed by atoms with van der Waals surface area (Å²) < 4.78 is 17.8. The Kier molecular flexibility index (Phi) is 8.67. The van der Waals surface area contributed by atoms with Crippen LogP contribution in [0.3, 0.4) is 0 Å². The first kappa shape index (κ1) is 37.5. The van der Waals surface area contributed by atoms with E-state index in [1.165, 1.54) is 77.7 Å². The summed E-state index contributed by atoms with van der Waals surface area (Å²) in [6, 6.07) is 69.5. The molecule has 0 unspecified atom stereocenters. The zero-order valence-corrected chi connectivity index (χ0v) is 35.8. The van der Waals surface area contributed by atoms with E-state index in [4.69, 9.17) is 9.47 Å². The molecule has 0 saturated heterocycles. The van der Waals surface area contributed by atoms with E-state index in [1.54, 1.807) is 0 Å². The lowest BCUT2D eigenvalue weighted by Gasteiger charge is -2.34. The Morgan fingerprint density at radius 3 is 1.17 bits per heavy atom. The molecule has 0 amide bonds. The smallest absolute Gasteiger partial charge is 0.127 e. The van der Waals surface area contributed by atoms with E-state index in [0.29, 0.717) is 0 Å². The van der Waals surface area contributed by atoms with Crippen molar-refractivity contribution in [2.24, 2.45) is 0 Å². The number of aromatic nitrogens is 2. The van der Waals surface area contributed by atoms with Crippen molar-refractivity contribution < 1.29 is 9.47 Å². The Labute approximate surface area is 378 Å². The molecule has 0 atom stereocenters. The van der Waals surface area contributed by atoms with Gasteiger partial charge in [0.2, 0.25) is 0 Å². The Balaban J connectivity index is 0.809. The second kappa shape index (κ2) is 15.0. The number of hydrogen-bond acceptors (Lipinski definition) is 2. The van der Waals surface area contributed by atoms with Crippen molar-refractivity contribution in [3.05, 3.63) is 251 Å². The maximum Gasteiger partial charge on any atom is 0.127 e. The first-order chi connectivity index (χ1) is 32.2. The summed E-state index contributed by atoms with van der Waals surface area (Å²) in [4.78, 5) is 0. The van der Waals surface area contributed by atoms with Crippen LogP contribution in [0.1, 0.15) is 57.6 Å². The lowest BCUT2D eigenvalue weighted by molar-refractivity contribution is 0.482. The third-order valence-corrected chi connectivity index (χ3v) is 13.9. The summed E-state index contributed by atoms with van der Waals surface area (Å²) in [6.07, 6.45) is 13.4. The van der Waals surface area contributed by atoms with Gasteiger partial charge in [-0.25, -0.2) is 0 Å². The minimum atomic E-state index is -0.548. The highest BCUT2D eigenvalue weighted by Gasteiger charge is 2.46. The van der Waals surface area contributed by atoms with Gasteiger partial charge < -0.3 is 18.6 Å². The number of para-hydroxylation sites is 2. The maximum atomic E-state index is 6.55. The highest BCUT2D eigenvalue weighted by molar-refractivity contribution is 5.92. The van der Waals surface area contributed by atoms with Gasteiger partial charge in [0, 0.05) is 33.5 Å². The van der Waals surface area contributed by atoms with Crippen LogP contribution in [0.2, 0.25) is 0 Å². The molecule has 65 heavy (non-hydrogen) atoms. The van der Waals surface area contributed by atoms with Crippen LogP contribution >= 0.6 is 0 Å². The molecular weight excluding hydrogens is 793 g/mol. The number of nitrogens with zero attached hydrogens (tertiary/aromatic N) is 2. The fourth-order valence-corrected chi connectivity index (χ4v) is 11.1. The van der Waals surface area contributed by atoms with Crippen LogP contribution in [0.15, 0.2) is 206 Å². The summed E-state index contributed by atoms with van der Waals surface area (Å²) in [7, 11) is 0. The molecule has 10 aromatic rings. The quantitative estimate of drug-likeness (QED) is 0.153. The molecule has 0 fully saturated rings. The van der Waals surface area contributed by atoms with Gasteiger partial charge in [-0.05, 0) is 167 Å². The first-order valence-corrected chi connectivity index (χ1v) is 22.8. The predicted molar refractivity (Wildman–Crippen MR) is 265 cm³/mol. The van der Waals surface area contributed by atoms with Gasteiger partial charge in [-0.3, -0.25) is 0 Å². The second-order valence-electron chi connectivity index (χ2n) is 17.4. The first-order valence-electron chi connectivity index (χ1n) is 22.8. The molecule has 4 nitrogen and oxygen atoms in total. The van der Waals surface area contributed by atoms with Gasteiger partial charge in [-0.2, -0.15) is 0 Å². The van der Waals surface area contributed by atoms with Gasteiger partial charge in [-0.1, -0.05) is 121 Å². The van der Waals surface area contributed by atoms with Gasteiger partial charge in [0.15, 0.2) is 0 Å². The van der Waals surface area contributed by atoms with E-state index in [2.05, 4.69) is 228 Å². The molecular formula is C61H44N2O2. The summed E-state index contributed by atoms with van der Waals surface area (Å²) in [5.41, 5.74) is 17.0. The van der Waals surface area contributed by atoms with E-state index in [0.717, 1.165) is 60.1 Å². The molecule has 3 aliphatic carbocycles. The summed E-state index contributed by atoms with van der Waals surface area (Å²) in [5.74, 6) is 3.18. The maximum absolute atomic E-state index is 6.55. The van der Waals surface area contributed by atoms with Crippen LogP contribution in [-0.4, -0.2) is 9.13 Å². The molecule has 0 radical (unpaired) electrons. The molecule has 0 aliphatic heterocycles. The lowest BCUT2D eigenvalue weighted by atomic mass is 9.68. The molecule has 2 aromatic heterocycles. The van der Waals surface area contributed by atoms with Crippen LogP contribution in [0, 0.1) is 0 Å². The van der Waals surface area contributed by atoms with Gasteiger partial charge in [0.25, 0.3) is 0 Å². The van der Waals surface area contributed by atoms with E-state index in [9.17, 15) is 0 Å². The third kappa shape index (κ3) is 5.91. The molecule has 0 spiro atoms. The fourth-order valence-electron chi connectivity index (χ4n) is 11.1. The van der Waals surface area contributed by atoms with Gasteiger partial charge in [0.1, 0.15) is 23.0 Å². The number of aryl methyl sites for hydroxylation is 2. The monoisotopic (exact) mass is 836 g/mol. The zero-order chi connectivity index (χ0) is 42.9. The highest BCUT2D eigenvalue weighted by atomic mass is 16.5. The molecule has 3 aliphatic rings. The Bertz CT molecular complexity index is 3280. The zero-order valence-electron chi connectivity index (χ0n) is 35.8. The summed E-state index contributed by atoms with van der Waals surface area (Å²) in [6.45, 7) is 0. The van der Waals surface area contributed by atoms with Crippen LogP contribution in [-0.2, 0) is 18.3 Å². The Hall–Kier alpha value is -8.08. The number of benzene rings is 8. The minimum absolute atomic E-state index is 0.548. The Morgan fingerprint density at radius 1 is 0.369 bits per heavy atom. The van der Waals surface area contributed by atoms with Crippen molar-refractivity contribution in [2.45, 2.75) is 31.1 Å². The van der Waals surface area contributed by atoms with Crippen LogP contribution in [0.25, 0.3) is 56.5 Å². The van der Waals surface area contributed by atoms with E-state index in [-0.39, 0.29) is 0 Å². The Morgan fingerprint density at radius 2 is 0.738 bits per heavy atom. The molecule has 0 bridgehead atoms. The average Bonchev–Trinajstić information content (AvgIpc) is 4.00. The molecule has 0 saturated carbocycles. The number of rotatable bonds is 8. The highest BCUT2D eigenvalue weighted by Crippen LogP contribution is 2.56. The van der Waals surface area contributed by atoms with Crippen molar-refractivity contribution >= 4 is 34.0 Å². The number of allylic oxidation sites excluding steroid dienone is 2. The van der Waals surface area contributed by atoms with Crippen molar-refractivity contribution in [3.8, 4) is 45.5 Å². The van der Waals surface area contributed by atoms with Crippen molar-refractivity contribution in [1.82, 2.24) is 9.13 Å². The third-order valence-electron chi connectivity index (χ3n) is 13.9. The van der Waals surface area contributed by atoms with Crippen molar-refractivity contribution in [3.63, 3.8) is 0 Å². The molecule has 4 heteroatoms. The molecule has 13 rings (SSSR count). The van der Waals surface area contributed by atoms with E-state index >= 15 is 0 Å². The largest absolute Gasteiger partial charge is 0.457 e.